The van der Waals surface area contributed by atoms with Gasteiger partial charge >= 0.3 is 0 Å². The highest BCUT2D eigenvalue weighted by atomic mass is 16.4. The van der Waals surface area contributed by atoms with Crippen LogP contribution in [0.2, 0.25) is 0 Å². The number of rotatable bonds is 4. The quantitative estimate of drug-likeness (QED) is 0.497. The molecule has 5 heteroatoms. The Bertz CT molecular complexity index is 405. The Morgan fingerprint density at radius 2 is 2.16 bits per heavy atom. The summed E-state index contributed by atoms with van der Waals surface area (Å²) in [4.78, 5) is 8.46. The average molecular weight is 264 g/mol. The molecule has 0 aliphatic heterocycles. The fourth-order valence-corrected chi connectivity index (χ4v) is 2.43. The summed E-state index contributed by atoms with van der Waals surface area (Å²) in [6.07, 6.45) is 10.2. The lowest BCUT2D eigenvalue weighted by Crippen LogP contribution is -2.39. The van der Waals surface area contributed by atoms with E-state index in [1.807, 2.05) is 6.92 Å². The van der Waals surface area contributed by atoms with E-state index in [0.29, 0.717) is 18.5 Å². The van der Waals surface area contributed by atoms with Crippen molar-refractivity contribution in [3.8, 4) is 0 Å². The Hall–Kier alpha value is -1.52. The molecule has 1 saturated carbocycles. The maximum Gasteiger partial charge on any atom is 0.194 e. The molecule has 0 radical (unpaired) electrons. The minimum Gasteiger partial charge on any atom is -0.444 e. The first-order valence-electron chi connectivity index (χ1n) is 7.28. The first-order valence-corrected chi connectivity index (χ1v) is 7.28. The minimum absolute atomic E-state index is 0.457. The van der Waals surface area contributed by atoms with Crippen LogP contribution in [0.4, 0.5) is 0 Å². The molecular weight excluding hydrogens is 240 g/mol. The van der Waals surface area contributed by atoms with Crippen LogP contribution in [0.3, 0.4) is 0 Å². The van der Waals surface area contributed by atoms with Gasteiger partial charge in [-0.15, -0.1) is 0 Å². The Kier molecular flexibility index (Phi) is 5.24. The van der Waals surface area contributed by atoms with E-state index in [1.165, 1.54) is 38.5 Å². The van der Waals surface area contributed by atoms with Gasteiger partial charge < -0.3 is 15.5 Å². The third-order valence-corrected chi connectivity index (χ3v) is 3.52. The second kappa shape index (κ2) is 7.16. The zero-order valence-electron chi connectivity index (χ0n) is 11.7. The summed E-state index contributed by atoms with van der Waals surface area (Å²) in [6.45, 7) is 2.47. The van der Waals surface area contributed by atoms with Crippen molar-refractivity contribution < 1.29 is 4.42 Å². The van der Waals surface area contributed by atoms with Gasteiger partial charge in [-0.1, -0.05) is 32.6 Å². The summed E-state index contributed by atoms with van der Waals surface area (Å²) in [5, 5.41) is 3.32. The number of oxazole rings is 1. The smallest absolute Gasteiger partial charge is 0.194 e. The Morgan fingerprint density at radius 1 is 1.42 bits per heavy atom. The molecule has 3 N–H and O–H groups in total. The second-order valence-electron chi connectivity index (χ2n) is 5.11. The largest absolute Gasteiger partial charge is 0.444 e. The van der Waals surface area contributed by atoms with Crippen molar-refractivity contribution in [2.45, 2.75) is 64.5 Å². The molecule has 0 unspecified atom stereocenters. The highest BCUT2D eigenvalue weighted by Crippen LogP contribution is 2.17. The molecule has 5 nitrogen and oxygen atoms in total. The van der Waals surface area contributed by atoms with Gasteiger partial charge in [0.25, 0.3) is 0 Å². The number of hydrogen-bond acceptors (Lipinski definition) is 3. The van der Waals surface area contributed by atoms with E-state index in [0.717, 1.165) is 18.1 Å². The van der Waals surface area contributed by atoms with E-state index in [2.05, 4.69) is 15.3 Å². The summed E-state index contributed by atoms with van der Waals surface area (Å²) in [5.41, 5.74) is 5.92. The van der Waals surface area contributed by atoms with Crippen molar-refractivity contribution >= 4 is 5.96 Å². The summed E-state index contributed by atoms with van der Waals surface area (Å²) >= 11 is 0. The van der Waals surface area contributed by atoms with E-state index in [1.54, 1.807) is 6.20 Å². The van der Waals surface area contributed by atoms with Crippen LogP contribution in [0.25, 0.3) is 0 Å². The van der Waals surface area contributed by atoms with Crippen LogP contribution in [-0.2, 0) is 13.0 Å². The van der Waals surface area contributed by atoms with Gasteiger partial charge in [-0.25, -0.2) is 9.98 Å². The van der Waals surface area contributed by atoms with Crippen molar-refractivity contribution in [1.82, 2.24) is 10.3 Å². The molecule has 106 valence electrons. The molecule has 1 aromatic rings. The summed E-state index contributed by atoms with van der Waals surface area (Å²) in [7, 11) is 0. The number of nitrogens with one attached hydrogen (secondary N) is 1. The predicted octanol–water partition coefficient (Wildman–Crippen LogP) is 2.36. The highest BCUT2D eigenvalue weighted by Gasteiger charge is 2.12. The van der Waals surface area contributed by atoms with E-state index < -0.39 is 0 Å². The molecule has 1 heterocycles. The van der Waals surface area contributed by atoms with Crippen molar-refractivity contribution in [1.29, 1.82) is 0 Å². The van der Waals surface area contributed by atoms with Gasteiger partial charge in [-0.3, -0.25) is 0 Å². The van der Waals surface area contributed by atoms with E-state index in [4.69, 9.17) is 10.2 Å². The second-order valence-corrected chi connectivity index (χ2v) is 5.11. The molecule has 0 atom stereocenters. The third-order valence-electron chi connectivity index (χ3n) is 3.52. The van der Waals surface area contributed by atoms with Crippen LogP contribution in [0.1, 0.15) is 57.1 Å². The van der Waals surface area contributed by atoms with Crippen LogP contribution < -0.4 is 11.1 Å². The van der Waals surface area contributed by atoms with Gasteiger partial charge in [0.1, 0.15) is 12.3 Å². The van der Waals surface area contributed by atoms with E-state index in [-0.39, 0.29) is 0 Å². The molecule has 1 aliphatic carbocycles. The van der Waals surface area contributed by atoms with Gasteiger partial charge in [0.15, 0.2) is 11.9 Å². The average Bonchev–Trinajstić information content (AvgIpc) is 2.73. The van der Waals surface area contributed by atoms with Crippen LogP contribution in [0.5, 0.6) is 0 Å². The van der Waals surface area contributed by atoms with Gasteiger partial charge in [0.2, 0.25) is 0 Å². The van der Waals surface area contributed by atoms with Crippen molar-refractivity contribution in [2.75, 3.05) is 0 Å². The van der Waals surface area contributed by atoms with Gasteiger partial charge in [0, 0.05) is 12.5 Å². The lowest BCUT2D eigenvalue weighted by atomic mass is 10.1. The predicted molar refractivity (Wildman–Crippen MR) is 75.8 cm³/mol. The zero-order chi connectivity index (χ0) is 13.5. The molecule has 1 fully saturated rings. The summed E-state index contributed by atoms with van der Waals surface area (Å²) < 4.78 is 5.49. The van der Waals surface area contributed by atoms with E-state index in [9.17, 15) is 0 Å². The number of aliphatic imine (C=N–C) groups is 1. The maximum absolute atomic E-state index is 5.92. The number of hydrogen-bond donors (Lipinski definition) is 2. The lowest BCUT2D eigenvalue weighted by molar-refractivity contribution is 0.461. The summed E-state index contributed by atoms with van der Waals surface area (Å²) in [6, 6.07) is 0.479. The van der Waals surface area contributed by atoms with Gasteiger partial charge in [-0.05, 0) is 12.8 Å². The standard InChI is InChI=1S/C14H24N4O/c1-2-13-16-9-12(19-13)10-17-14(15)18-11-7-5-3-4-6-8-11/h9,11H,2-8,10H2,1H3,(H3,15,17,18). The van der Waals surface area contributed by atoms with Crippen molar-refractivity contribution in [3.05, 3.63) is 17.8 Å². The minimum atomic E-state index is 0.457. The Labute approximate surface area is 114 Å². The van der Waals surface area contributed by atoms with Crippen LogP contribution >= 0.6 is 0 Å². The molecule has 0 saturated heterocycles. The maximum atomic E-state index is 5.92. The molecule has 19 heavy (non-hydrogen) atoms. The van der Waals surface area contributed by atoms with Gasteiger partial charge in [-0.2, -0.15) is 0 Å². The SMILES string of the molecule is CCc1ncc(CN=C(N)NC2CCCCCC2)o1. The van der Waals surface area contributed by atoms with Gasteiger partial charge in [0.05, 0.1) is 6.20 Å². The number of nitrogens with zero attached hydrogens (tertiary/aromatic N) is 2. The molecule has 1 aliphatic rings. The Balaban J connectivity index is 1.81. The molecular formula is C14H24N4O. The normalized spacial score (nSPS) is 18.3. The van der Waals surface area contributed by atoms with Crippen molar-refractivity contribution in [3.63, 3.8) is 0 Å². The molecule has 2 rings (SSSR count). The highest BCUT2D eigenvalue weighted by molar-refractivity contribution is 5.78. The molecule has 0 spiro atoms. The fraction of sp³-hybridized carbons (Fsp3) is 0.714. The van der Waals surface area contributed by atoms with Crippen LogP contribution in [-0.4, -0.2) is 17.0 Å². The molecule has 0 bridgehead atoms. The first-order chi connectivity index (χ1) is 9.28. The monoisotopic (exact) mass is 264 g/mol. The number of guanidine groups is 1. The zero-order valence-corrected chi connectivity index (χ0v) is 11.7. The van der Waals surface area contributed by atoms with Crippen LogP contribution in [0, 0.1) is 0 Å². The molecule has 0 amide bonds. The molecule has 1 aromatic heterocycles. The fourth-order valence-electron chi connectivity index (χ4n) is 2.43. The summed E-state index contributed by atoms with van der Waals surface area (Å²) in [5.74, 6) is 2.03. The van der Waals surface area contributed by atoms with E-state index >= 15 is 0 Å². The number of aromatic nitrogens is 1. The Morgan fingerprint density at radius 3 is 2.79 bits per heavy atom. The van der Waals surface area contributed by atoms with Crippen molar-refractivity contribution in [2.24, 2.45) is 10.7 Å². The lowest BCUT2D eigenvalue weighted by Gasteiger charge is -2.16. The third kappa shape index (κ3) is 4.58. The molecule has 0 aromatic carbocycles. The number of nitrogens with two attached hydrogens (primary N) is 1. The first kappa shape index (κ1) is 13.9. The number of aryl methyl sites for hydroxylation is 1. The van der Waals surface area contributed by atoms with Crippen LogP contribution in [0.15, 0.2) is 15.6 Å². The topological polar surface area (TPSA) is 76.4 Å².